The van der Waals surface area contributed by atoms with E-state index in [1.54, 1.807) is 17.0 Å². The molecule has 1 aromatic heterocycles. The first-order valence-corrected chi connectivity index (χ1v) is 6.31. The molecule has 2 aromatic rings. The van der Waals surface area contributed by atoms with Gasteiger partial charge in [0.2, 0.25) is 0 Å². The third kappa shape index (κ3) is 2.10. The lowest BCUT2D eigenvalue weighted by atomic mass is 9.98. The number of aliphatic hydroxyl groups excluding tert-OH is 1. The van der Waals surface area contributed by atoms with E-state index in [2.05, 4.69) is 10.2 Å². The second-order valence-electron chi connectivity index (χ2n) is 4.63. The largest absolute Gasteiger partial charge is 0.388 e. The monoisotopic (exact) mass is 271 g/mol. The fourth-order valence-corrected chi connectivity index (χ4v) is 2.36. The van der Waals surface area contributed by atoms with E-state index in [0.717, 1.165) is 5.56 Å². The van der Waals surface area contributed by atoms with Crippen LogP contribution in [-0.2, 0) is 0 Å². The van der Waals surface area contributed by atoms with Crippen molar-refractivity contribution in [3.63, 3.8) is 0 Å². The van der Waals surface area contributed by atoms with Gasteiger partial charge in [-0.2, -0.15) is 5.10 Å². The minimum absolute atomic E-state index is 0.177. The quantitative estimate of drug-likeness (QED) is 0.805. The predicted octanol–water partition coefficient (Wildman–Crippen LogP) is 0.854. The van der Waals surface area contributed by atoms with E-state index in [-0.39, 0.29) is 17.2 Å². The number of anilines is 1. The minimum atomic E-state index is -0.557. The summed E-state index contributed by atoms with van der Waals surface area (Å²) >= 11 is 0. The Balaban J connectivity index is 1.99. The number of amides is 1. The lowest BCUT2D eigenvalue weighted by molar-refractivity contribution is 0.0964. The van der Waals surface area contributed by atoms with Crippen LogP contribution >= 0.6 is 0 Å². The number of aromatic amines is 1. The lowest BCUT2D eigenvalue weighted by Crippen LogP contribution is -2.37. The maximum atomic E-state index is 12.4. The van der Waals surface area contributed by atoms with Crippen molar-refractivity contribution in [3.05, 3.63) is 58.0 Å². The van der Waals surface area contributed by atoms with Gasteiger partial charge in [0.25, 0.3) is 11.5 Å². The van der Waals surface area contributed by atoms with Crippen molar-refractivity contribution in [1.29, 1.82) is 0 Å². The van der Waals surface area contributed by atoms with Crippen molar-refractivity contribution in [2.45, 2.75) is 12.5 Å². The summed E-state index contributed by atoms with van der Waals surface area (Å²) in [6.07, 6.45) is -0.0784. The number of nitrogens with zero attached hydrogens (tertiary/aromatic N) is 2. The van der Waals surface area contributed by atoms with Crippen molar-refractivity contribution < 1.29 is 9.90 Å². The number of nitrogens with one attached hydrogen (secondary N) is 1. The number of carbonyl (C=O) groups is 1. The molecule has 2 N–H and O–H groups in total. The van der Waals surface area contributed by atoms with Gasteiger partial charge >= 0.3 is 0 Å². The maximum Gasteiger partial charge on any atom is 0.278 e. The van der Waals surface area contributed by atoms with E-state index in [4.69, 9.17) is 0 Å². The average molecular weight is 271 g/mol. The Bertz CT molecular complexity index is 690. The predicted molar refractivity (Wildman–Crippen MR) is 72.6 cm³/mol. The SMILES string of the molecule is O=C(c1ccc(=O)[nH]n1)N1CCC(O)c2ccccc21. The number of fused-ring (bicyclic) bond motifs is 1. The molecule has 20 heavy (non-hydrogen) atoms. The van der Waals surface area contributed by atoms with E-state index >= 15 is 0 Å². The molecule has 0 spiro atoms. The van der Waals surface area contributed by atoms with Gasteiger partial charge < -0.3 is 10.0 Å². The number of para-hydroxylation sites is 1. The second-order valence-corrected chi connectivity index (χ2v) is 4.63. The Morgan fingerprint density at radius 1 is 1.30 bits per heavy atom. The molecule has 6 nitrogen and oxygen atoms in total. The summed E-state index contributed by atoms with van der Waals surface area (Å²) in [7, 11) is 0. The topological polar surface area (TPSA) is 86.3 Å². The first-order chi connectivity index (χ1) is 9.66. The Kier molecular flexibility index (Phi) is 3.08. The molecule has 0 aliphatic carbocycles. The molecule has 0 saturated carbocycles. The van der Waals surface area contributed by atoms with Crippen LogP contribution in [0.3, 0.4) is 0 Å². The third-order valence-corrected chi connectivity index (χ3v) is 3.36. The highest BCUT2D eigenvalue weighted by atomic mass is 16.3. The van der Waals surface area contributed by atoms with Crippen molar-refractivity contribution in [2.75, 3.05) is 11.4 Å². The number of H-pyrrole nitrogens is 1. The Labute approximate surface area is 114 Å². The van der Waals surface area contributed by atoms with Crippen LogP contribution in [-0.4, -0.2) is 27.8 Å². The normalized spacial score (nSPS) is 17.6. The molecule has 1 aromatic carbocycles. The van der Waals surface area contributed by atoms with Gasteiger partial charge in [-0.05, 0) is 18.6 Å². The van der Waals surface area contributed by atoms with Gasteiger partial charge in [0.05, 0.1) is 6.10 Å². The fourth-order valence-electron chi connectivity index (χ4n) is 2.36. The van der Waals surface area contributed by atoms with Crippen molar-refractivity contribution >= 4 is 11.6 Å². The lowest BCUT2D eigenvalue weighted by Gasteiger charge is -2.31. The van der Waals surface area contributed by atoms with Crippen LogP contribution in [0.15, 0.2) is 41.2 Å². The van der Waals surface area contributed by atoms with Gasteiger partial charge in [0.15, 0.2) is 0 Å². The van der Waals surface area contributed by atoms with Crippen LogP contribution < -0.4 is 10.5 Å². The molecule has 1 atom stereocenters. The highest BCUT2D eigenvalue weighted by Crippen LogP contribution is 2.33. The highest BCUT2D eigenvalue weighted by Gasteiger charge is 2.28. The van der Waals surface area contributed by atoms with Gasteiger partial charge in [-0.3, -0.25) is 9.59 Å². The van der Waals surface area contributed by atoms with Crippen LogP contribution in [0.25, 0.3) is 0 Å². The van der Waals surface area contributed by atoms with E-state index in [9.17, 15) is 14.7 Å². The number of benzene rings is 1. The molecule has 3 rings (SSSR count). The summed E-state index contributed by atoms with van der Waals surface area (Å²) in [6.45, 7) is 0.415. The van der Waals surface area contributed by atoms with Gasteiger partial charge in [-0.15, -0.1) is 0 Å². The summed E-state index contributed by atoms with van der Waals surface area (Å²) in [5.74, 6) is -0.291. The zero-order chi connectivity index (χ0) is 14.1. The van der Waals surface area contributed by atoms with E-state index in [0.29, 0.717) is 18.7 Å². The van der Waals surface area contributed by atoms with Crippen molar-refractivity contribution in [1.82, 2.24) is 10.2 Å². The summed E-state index contributed by atoms with van der Waals surface area (Å²) in [6, 6.07) is 9.91. The van der Waals surface area contributed by atoms with E-state index < -0.39 is 6.10 Å². The summed E-state index contributed by atoms with van der Waals surface area (Å²) < 4.78 is 0. The van der Waals surface area contributed by atoms with Gasteiger partial charge in [-0.25, -0.2) is 5.10 Å². The second kappa shape index (κ2) is 4.90. The number of carbonyl (C=O) groups excluding carboxylic acids is 1. The molecule has 0 saturated heterocycles. The number of hydrogen-bond donors (Lipinski definition) is 2. The standard InChI is InChI=1S/C14H13N3O3/c18-12-7-8-17(11-4-2-1-3-9(11)12)14(20)10-5-6-13(19)16-15-10/h1-6,12,18H,7-8H2,(H,16,19). The van der Waals surface area contributed by atoms with Crippen LogP contribution in [0.5, 0.6) is 0 Å². The first-order valence-electron chi connectivity index (χ1n) is 6.31. The number of aliphatic hydroxyl groups is 1. The molecule has 0 radical (unpaired) electrons. The molecular formula is C14H13N3O3. The highest BCUT2D eigenvalue weighted by molar-refractivity contribution is 6.05. The smallest absolute Gasteiger partial charge is 0.278 e. The Hall–Kier alpha value is -2.47. The molecule has 1 unspecified atom stereocenters. The van der Waals surface area contributed by atoms with E-state index in [1.807, 2.05) is 12.1 Å². The van der Waals surface area contributed by atoms with Gasteiger partial charge in [0, 0.05) is 23.9 Å². The van der Waals surface area contributed by atoms with Crippen molar-refractivity contribution in [2.24, 2.45) is 0 Å². The minimum Gasteiger partial charge on any atom is -0.388 e. The molecular weight excluding hydrogens is 258 g/mol. The molecule has 1 aliphatic rings. The maximum absolute atomic E-state index is 12.4. The average Bonchev–Trinajstić information content (AvgIpc) is 2.48. The molecule has 2 heterocycles. The van der Waals surface area contributed by atoms with Crippen LogP contribution in [0.4, 0.5) is 5.69 Å². The zero-order valence-electron chi connectivity index (χ0n) is 10.6. The molecule has 1 aliphatic heterocycles. The number of aromatic nitrogens is 2. The van der Waals surface area contributed by atoms with Gasteiger partial charge in [0.1, 0.15) is 5.69 Å². The first kappa shape index (κ1) is 12.6. The Morgan fingerprint density at radius 3 is 2.85 bits per heavy atom. The molecule has 1 amide bonds. The summed E-state index contributed by atoms with van der Waals surface area (Å²) in [5, 5.41) is 16.0. The zero-order valence-corrected chi connectivity index (χ0v) is 10.6. The van der Waals surface area contributed by atoms with Crippen LogP contribution in [0.2, 0.25) is 0 Å². The van der Waals surface area contributed by atoms with E-state index in [1.165, 1.54) is 12.1 Å². The molecule has 0 bridgehead atoms. The molecule has 6 heteroatoms. The van der Waals surface area contributed by atoms with Crippen LogP contribution in [0, 0.1) is 0 Å². The molecule has 102 valence electrons. The number of rotatable bonds is 1. The molecule has 0 fully saturated rings. The summed E-state index contributed by atoms with van der Waals surface area (Å²) in [4.78, 5) is 25.0. The number of hydrogen-bond acceptors (Lipinski definition) is 4. The fraction of sp³-hybridized carbons (Fsp3) is 0.214. The Morgan fingerprint density at radius 2 is 2.10 bits per heavy atom. The summed E-state index contributed by atoms with van der Waals surface area (Å²) in [5.41, 5.74) is 1.24. The van der Waals surface area contributed by atoms with Gasteiger partial charge in [-0.1, -0.05) is 18.2 Å². The third-order valence-electron chi connectivity index (χ3n) is 3.36. The van der Waals surface area contributed by atoms with Crippen molar-refractivity contribution in [3.8, 4) is 0 Å². The van der Waals surface area contributed by atoms with Crippen LogP contribution in [0.1, 0.15) is 28.6 Å².